The minimum atomic E-state index is -0.422. The molecule has 0 atom stereocenters. The zero-order valence-electron chi connectivity index (χ0n) is 45.3. The summed E-state index contributed by atoms with van der Waals surface area (Å²) in [5.41, 5.74) is 13.6. The molecule has 0 N–H and O–H groups in total. The molecule has 0 unspecified atom stereocenters. The molecule has 5 nitrogen and oxygen atoms in total. The molecule has 0 amide bonds. The second kappa shape index (κ2) is 19.5. The monoisotopic (exact) mass is 1150 g/mol. The van der Waals surface area contributed by atoms with Gasteiger partial charge in [0.15, 0.2) is 0 Å². The molecule has 74 heavy (non-hydrogen) atoms. The Balaban J connectivity index is 0.00000672. The number of fused-ring (bicyclic) bond motifs is 3. The van der Waals surface area contributed by atoms with Crippen LogP contribution in [0.2, 0.25) is 0 Å². The average Bonchev–Trinajstić information content (AvgIpc) is 3.97. The molecule has 0 aliphatic carbocycles. The van der Waals surface area contributed by atoms with E-state index in [9.17, 15) is 0 Å². The predicted molar refractivity (Wildman–Crippen MR) is 306 cm³/mol. The van der Waals surface area contributed by atoms with Crippen LogP contribution in [-0.2, 0) is 48.1 Å². The summed E-state index contributed by atoms with van der Waals surface area (Å²) in [5, 5.41) is 2.27. The number of rotatable bonds is 10. The Bertz CT molecular complexity index is 3510. The van der Waals surface area contributed by atoms with Gasteiger partial charge in [-0.2, -0.15) is 0 Å². The van der Waals surface area contributed by atoms with Crippen molar-refractivity contribution in [3.8, 4) is 17.3 Å². The smallest absolute Gasteiger partial charge is 0.135 e. The quantitative estimate of drug-likeness (QED) is 0.128. The molecule has 0 saturated heterocycles. The van der Waals surface area contributed by atoms with Crippen LogP contribution in [0.15, 0.2) is 176 Å². The Morgan fingerprint density at radius 2 is 1.05 bits per heavy atom. The molecule has 0 saturated carbocycles. The fourth-order valence-corrected chi connectivity index (χ4v) is 10.2. The van der Waals surface area contributed by atoms with Crippen LogP contribution in [0, 0.1) is 18.8 Å². The second-order valence-corrected chi connectivity index (χ2v) is 24.0. The van der Waals surface area contributed by atoms with Gasteiger partial charge in [0.2, 0.25) is 0 Å². The third kappa shape index (κ3) is 10.0. The largest absolute Gasteiger partial charge is 0.509 e. The van der Waals surface area contributed by atoms with Crippen LogP contribution < -0.4 is 14.5 Å². The van der Waals surface area contributed by atoms with Crippen molar-refractivity contribution < 1.29 is 25.8 Å². The first-order valence-corrected chi connectivity index (χ1v) is 25.8. The van der Waals surface area contributed by atoms with Crippen LogP contribution in [0.25, 0.3) is 33.3 Å². The number of aromatic nitrogens is 2. The van der Waals surface area contributed by atoms with Gasteiger partial charge < -0.3 is 19.1 Å². The number of pyridine rings is 1. The maximum absolute atomic E-state index is 7.24. The van der Waals surface area contributed by atoms with Crippen molar-refractivity contribution in [1.82, 2.24) is 9.55 Å². The van der Waals surface area contributed by atoms with E-state index in [1.807, 2.05) is 6.20 Å². The van der Waals surface area contributed by atoms with Crippen molar-refractivity contribution in [2.75, 3.05) is 9.80 Å². The van der Waals surface area contributed by atoms with Crippen LogP contribution in [0.4, 0.5) is 11.4 Å². The van der Waals surface area contributed by atoms with Crippen molar-refractivity contribution in [2.45, 2.75) is 117 Å². The van der Waals surface area contributed by atoms with Gasteiger partial charge in [-0.25, -0.2) is 4.98 Å². The molecule has 0 spiro atoms. The third-order valence-electron chi connectivity index (χ3n) is 15.0. The normalized spacial score (nSPS) is 13.6. The van der Waals surface area contributed by atoms with Crippen molar-refractivity contribution >= 4 is 38.9 Å². The van der Waals surface area contributed by atoms with Crippen LogP contribution in [0.1, 0.15) is 135 Å². The Kier molecular flexibility index (Phi) is 13.8. The molecule has 6 heteroatoms. The average molecular weight is 1150 g/mol. The van der Waals surface area contributed by atoms with E-state index in [0.29, 0.717) is 11.5 Å². The maximum atomic E-state index is 7.24. The summed E-state index contributed by atoms with van der Waals surface area (Å²) in [4.78, 5) is 9.59. The Labute approximate surface area is 455 Å². The number of benzene rings is 7. The molecular weight excluding hydrogens is 1080 g/mol. The molecular formula is C68H69N4OPt-3. The summed E-state index contributed by atoms with van der Waals surface area (Å²) in [5.74, 6) is 2.06. The molecule has 380 valence electrons. The van der Waals surface area contributed by atoms with Gasteiger partial charge in [0.1, 0.15) is 5.82 Å². The zero-order chi connectivity index (χ0) is 51.7. The SMILES string of the molecule is CC(C)(C)c1cc(Oc2[c-]c3c(c(C(C)(C)c4ccccc4)c2)c2ccccc2n3-c2cc(C(C)(C)C)ccn2)[c-]c(N2[CH-]N(c3cc(C(C)(C)C)cc(C(C)(C)c4ccccc4)c3)C=C2c2ccccc2)c1.[Pt]. The second-order valence-electron chi connectivity index (χ2n) is 24.0. The summed E-state index contributed by atoms with van der Waals surface area (Å²) in [6, 6.07) is 66.7. The van der Waals surface area contributed by atoms with Crippen LogP contribution >= 0.6 is 0 Å². The van der Waals surface area contributed by atoms with Gasteiger partial charge >= 0.3 is 0 Å². The standard InChI is InChI=1S/C68H69N4O.Pt/c1-64(2,3)49-33-34-69-62(40-49)72-59-32-24-23-31-57(59)63-58(68(12,13)48-29-21-16-22-30-48)42-56(43-60(63)72)73-55-39-51(66(7,8)9)37-54(41-55)71-45-70(44-61(71)46-25-17-14-18-26-46)53-36-50(65(4,5)6)35-52(38-53)67(10,11)47-27-19-15-20-28-47;/h14-40,42,44-45H,1-13H3;/q-3;. The molecule has 1 aliphatic rings. The van der Waals surface area contributed by atoms with Gasteiger partial charge in [-0.1, -0.05) is 216 Å². The third-order valence-corrected chi connectivity index (χ3v) is 15.0. The van der Waals surface area contributed by atoms with E-state index < -0.39 is 5.41 Å². The van der Waals surface area contributed by atoms with E-state index in [2.05, 4.69) is 293 Å². The van der Waals surface area contributed by atoms with Gasteiger partial charge in [0, 0.05) is 61.1 Å². The van der Waals surface area contributed by atoms with Gasteiger partial charge in [-0.3, -0.25) is 0 Å². The van der Waals surface area contributed by atoms with Crippen molar-refractivity contribution in [2.24, 2.45) is 0 Å². The molecule has 0 radical (unpaired) electrons. The zero-order valence-corrected chi connectivity index (χ0v) is 47.6. The fourth-order valence-electron chi connectivity index (χ4n) is 10.2. The summed E-state index contributed by atoms with van der Waals surface area (Å²) < 4.78 is 9.51. The molecule has 9 aromatic rings. The van der Waals surface area contributed by atoms with E-state index in [-0.39, 0.29) is 42.7 Å². The maximum Gasteiger partial charge on any atom is 0.135 e. The summed E-state index contributed by atoms with van der Waals surface area (Å²) >= 11 is 0. The first kappa shape index (κ1) is 52.2. The Hall–Kier alpha value is -6.68. The molecule has 2 aromatic heterocycles. The summed E-state index contributed by atoms with van der Waals surface area (Å²) in [7, 11) is 0. The van der Waals surface area contributed by atoms with Crippen LogP contribution in [0.3, 0.4) is 0 Å². The number of hydrogen-bond donors (Lipinski definition) is 0. The van der Waals surface area contributed by atoms with Crippen molar-refractivity contribution in [3.63, 3.8) is 0 Å². The molecule has 3 heterocycles. The van der Waals surface area contributed by atoms with Gasteiger partial charge in [-0.15, -0.1) is 53.8 Å². The Morgan fingerprint density at radius 3 is 1.69 bits per heavy atom. The van der Waals surface area contributed by atoms with E-state index in [4.69, 9.17) is 9.72 Å². The number of ether oxygens (including phenoxy) is 1. The van der Waals surface area contributed by atoms with E-state index in [1.54, 1.807) is 0 Å². The molecule has 0 fully saturated rings. The minimum Gasteiger partial charge on any atom is -0.509 e. The Morgan fingerprint density at radius 1 is 0.500 bits per heavy atom. The predicted octanol–water partition coefficient (Wildman–Crippen LogP) is 17.6. The molecule has 0 bridgehead atoms. The van der Waals surface area contributed by atoms with E-state index in [1.165, 1.54) is 27.8 Å². The van der Waals surface area contributed by atoms with Crippen LogP contribution in [0.5, 0.6) is 11.5 Å². The van der Waals surface area contributed by atoms with Crippen molar-refractivity contribution in [3.05, 3.63) is 239 Å². The fraction of sp³-hybridized carbons (Fsp3) is 0.265. The molecule has 7 aromatic carbocycles. The first-order valence-electron chi connectivity index (χ1n) is 25.8. The van der Waals surface area contributed by atoms with Crippen LogP contribution in [-0.4, -0.2) is 9.55 Å². The van der Waals surface area contributed by atoms with Gasteiger partial charge in [0.25, 0.3) is 0 Å². The number of para-hydroxylation sites is 1. The van der Waals surface area contributed by atoms with Gasteiger partial charge in [0.05, 0.1) is 0 Å². The number of anilines is 2. The van der Waals surface area contributed by atoms with Crippen molar-refractivity contribution in [1.29, 1.82) is 0 Å². The first-order chi connectivity index (χ1) is 34.6. The van der Waals surface area contributed by atoms with E-state index >= 15 is 0 Å². The molecule has 1 aliphatic heterocycles. The molecule has 10 rings (SSSR count). The summed E-state index contributed by atoms with van der Waals surface area (Å²) in [6.45, 7) is 31.9. The topological polar surface area (TPSA) is 33.5 Å². The van der Waals surface area contributed by atoms with Gasteiger partial charge in [-0.05, 0) is 97.0 Å². The summed E-state index contributed by atoms with van der Waals surface area (Å²) in [6.07, 6.45) is 4.19. The number of nitrogens with zero attached hydrogens (tertiary/aromatic N) is 4. The minimum absolute atomic E-state index is 0. The van der Waals surface area contributed by atoms with E-state index in [0.717, 1.165) is 61.4 Å². The number of hydrogen-bond acceptors (Lipinski definition) is 4.